The minimum atomic E-state index is -1.42. The van der Waals surface area contributed by atoms with Crippen molar-refractivity contribution < 1.29 is 24.2 Å². The molecular formula is C24H27N7O5. The van der Waals surface area contributed by atoms with Gasteiger partial charge in [0.15, 0.2) is 0 Å². The lowest BCUT2D eigenvalue weighted by atomic mass is 9.79. The number of nitrogens with zero attached hydrogens (tertiary/aromatic N) is 5. The predicted molar refractivity (Wildman–Crippen MR) is 129 cm³/mol. The van der Waals surface area contributed by atoms with Gasteiger partial charge in [-0.2, -0.15) is 0 Å². The van der Waals surface area contributed by atoms with Crippen molar-refractivity contribution in [2.24, 2.45) is 5.92 Å². The molecular weight excluding hydrogens is 466 g/mol. The number of hydrogen-bond donors (Lipinski definition) is 3. The fourth-order valence-electron chi connectivity index (χ4n) is 3.96. The summed E-state index contributed by atoms with van der Waals surface area (Å²) in [5, 5.41) is 23.9. The van der Waals surface area contributed by atoms with Crippen molar-refractivity contribution in [3.63, 3.8) is 0 Å². The van der Waals surface area contributed by atoms with Crippen molar-refractivity contribution in [1.82, 2.24) is 30.4 Å². The normalized spacial score (nSPS) is 16.5. The van der Waals surface area contributed by atoms with Gasteiger partial charge in [-0.15, -0.1) is 4.68 Å². The average Bonchev–Trinajstić information content (AvgIpc) is 3.31. The lowest BCUT2D eigenvalue weighted by Crippen LogP contribution is -2.51. The van der Waals surface area contributed by atoms with Gasteiger partial charge >= 0.3 is 12.1 Å². The highest BCUT2D eigenvalue weighted by atomic mass is 16.5. The molecule has 1 aromatic heterocycles. The Morgan fingerprint density at radius 3 is 2.44 bits per heavy atom. The number of aromatic nitrogens is 4. The summed E-state index contributed by atoms with van der Waals surface area (Å²) in [6.07, 6.45) is 0.412. The number of carbonyl (C=O) groups excluding carboxylic acids is 2. The van der Waals surface area contributed by atoms with E-state index < -0.39 is 12.1 Å². The second-order valence-electron chi connectivity index (χ2n) is 8.48. The molecule has 0 bridgehead atoms. The fourth-order valence-corrected chi connectivity index (χ4v) is 3.96. The molecule has 188 valence electrons. The van der Waals surface area contributed by atoms with Gasteiger partial charge in [0.2, 0.25) is 5.91 Å². The Labute approximate surface area is 207 Å². The molecule has 0 aliphatic heterocycles. The standard InChI is InChI=1S/C24H27N7O5/c1-2-12-30(15-16-8-10-20(11-9-16)36-19-6-4-3-5-7-19)21(32)17-13-18(14-17)25-23(33)26-22-27-28-29-31(22)24(34)35/h3-11,17-18H,2,12-15H2,1H3,(H,34,35)(H2,25,26,27,29,33). The number of nitrogens with one attached hydrogen (secondary N) is 2. The smallest absolute Gasteiger partial charge is 0.436 e. The molecule has 3 aromatic rings. The van der Waals surface area contributed by atoms with Crippen LogP contribution in [0.3, 0.4) is 0 Å². The van der Waals surface area contributed by atoms with Crippen molar-refractivity contribution in [2.75, 3.05) is 11.9 Å². The first-order chi connectivity index (χ1) is 17.4. The minimum Gasteiger partial charge on any atom is -0.463 e. The molecule has 0 radical (unpaired) electrons. The van der Waals surface area contributed by atoms with E-state index in [1.165, 1.54) is 0 Å². The van der Waals surface area contributed by atoms with Gasteiger partial charge in [0.1, 0.15) is 11.5 Å². The van der Waals surface area contributed by atoms with Crippen LogP contribution in [-0.2, 0) is 11.3 Å². The van der Waals surface area contributed by atoms with Crippen LogP contribution < -0.4 is 15.4 Å². The van der Waals surface area contributed by atoms with E-state index in [4.69, 9.17) is 9.84 Å². The Hall–Kier alpha value is -4.48. The Morgan fingerprint density at radius 2 is 1.78 bits per heavy atom. The molecule has 1 heterocycles. The molecule has 1 aliphatic rings. The van der Waals surface area contributed by atoms with Crippen molar-refractivity contribution in [2.45, 2.75) is 38.8 Å². The fraction of sp³-hybridized carbons (Fsp3) is 0.333. The quantitative estimate of drug-likeness (QED) is 0.384. The zero-order valence-electron chi connectivity index (χ0n) is 19.7. The van der Waals surface area contributed by atoms with E-state index in [9.17, 15) is 14.4 Å². The molecule has 0 unspecified atom stereocenters. The minimum absolute atomic E-state index is 0.0507. The summed E-state index contributed by atoms with van der Waals surface area (Å²) in [6.45, 7) is 3.15. The summed E-state index contributed by atoms with van der Waals surface area (Å²) < 4.78 is 6.29. The first-order valence-electron chi connectivity index (χ1n) is 11.6. The van der Waals surface area contributed by atoms with Crippen LogP contribution in [0.2, 0.25) is 0 Å². The topological polar surface area (TPSA) is 152 Å². The van der Waals surface area contributed by atoms with Gasteiger partial charge < -0.3 is 20.1 Å². The Bertz CT molecular complexity index is 1190. The van der Waals surface area contributed by atoms with E-state index in [-0.39, 0.29) is 23.8 Å². The number of hydrogen-bond acceptors (Lipinski definition) is 7. The Balaban J connectivity index is 1.26. The third-order valence-electron chi connectivity index (χ3n) is 5.78. The predicted octanol–water partition coefficient (Wildman–Crippen LogP) is 3.33. The first-order valence-corrected chi connectivity index (χ1v) is 11.6. The highest BCUT2D eigenvalue weighted by molar-refractivity contribution is 5.89. The molecule has 4 rings (SSSR count). The van der Waals surface area contributed by atoms with Crippen LogP contribution in [-0.4, -0.2) is 60.8 Å². The zero-order valence-corrected chi connectivity index (χ0v) is 19.7. The number of benzene rings is 2. The molecule has 3 amide bonds. The number of carboxylic acid groups (broad SMARTS) is 1. The number of para-hydroxylation sites is 1. The van der Waals surface area contributed by atoms with Crippen LogP contribution in [0.5, 0.6) is 11.5 Å². The van der Waals surface area contributed by atoms with Crippen molar-refractivity contribution in [3.8, 4) is 11.5 Å². The number of carbonyl (C=O) groups is 3. The Morgan fingerprint density at radius 1 is 1.08 bits per heavy atom. The molecule has 0 saturated heterocycles. The van der Waals surface area contributed by atoms with Crippen LogP contribution in [0.4, 0.5) is 15.5 Å². The SMILES string of the molecule is CCCN(Cc1ccc(Oc2ccccc2)cc1)C(=O)C1CC(NC(=O)Nc2nnnn2C(=O)O)C1. The van der Waals surface area contributed by atoms with Gasteiger partial charge in [-0.25, -0.2) is 9.59 Å². The molecule has 1 saturated carbocycles. The van der Waals surface area contributed by atoms with E-state index in [0.717, 1.165) is 23.5 Å². The maximum absolute atomic E-state index is 13.1. The summed E-state index contributed by atoms with van der Waals surface area (Å²) in [4.78, 5) is 38.1. The maximum atomic E-state index is 13.1. The zero-order chi connectivity index (χ0) is 25.5. The van der Waals surface area contributed by atoms with Crippen molar-refractivity contribution in [3.05, 3.63) is 60.2 Å². The molecule has 12 heteroatoms. The summed E-state index contributed by atoms with van der Waals surface area (Å²) in [7, 11) is 0. The van der Waals surface area contributed by atoms with Crippen LogP contribution in [0.1, 0.15) is 31.7 Å². The van der Waals surface area contributed by atoms with E-state index in [2.05, 4.69) is 26.2 Å². The van der Waals surface area contributed by atoms with E-state index in [1.54, 1.807) is 0 Å². The monoisotopic (exact) mass is 493 g/mol. The summed E-state index contributed by atoms with van der Waals surface area (Å²) in [6, 6.07) is 16.4. The molecule has 12 nitrogen and oxygen atoms in total. The number of ether oxygens (including phenoxy) is 1. The van der Waals surface area contributed by atoms with Crippen molar-refractivity contribution in [1.29, 1.82) is 0 Å². The van der Waals surface area contributed by atoms with Crippen LogP contribution in [0.25, 0.3) is 0 Å². The number of anilines is 1. The van der Waals surface area contributed by atoms with E-state index >= 15 is 0 Å². The Kier molecular flexibility index (Phi) is 7.73. The molecule has 2 aromatic carbocycles. The highest BCUT2D eigenvalue weighted by Gasteiger charge is 2.37. The molecule has 1 fully saturated rings. The summed E-state index contributed by atoms with van der Waals surface area (Å²) in [5.74, 6) is 1.04. The average molecular weight is 494 g/mol. The maximum Gasteiger partial charge on any atom is 0.436 e. The molecule has 3 N–H and O–H groups in total. The third kappa shape index (κ3) is 6.14. The number of amides is 3. The molecule has 36 heavy (non-hydrogen) atoms. The lowest BCUT2D eigenvalue weighted by Gasteiger charge is -2.38. The molecule has 0 spiro atoms. The van der Waals surface area contributed by atoms with Gasteiger partial charge in [-0.05, 0) is 59.5 Å². The first kappa shape index (κ1) is 24.6. The van der Waals surface area contributed by atoms with Crippen LogP contribution >= 0.6 is 0 Å². The molecule has 0 atom stereocenters. The van der Waals surface area contributed by atoms with Gasteiger partial charge in [-0.3, -0.25) is 10.1 Å². The van der Waals surface area contributed by atoms with Gasteiger partial charge in [0.25, 0.3) is 5.95 Å². The number of urea groups is 1. The molecule has 1 aliphatic carbocycles. The second kappa shape index (κ2) is 11.3. The number of tetrazole rings is 1. The third-order valence-corrected chi connectivity index (χ3v) is 5.78. The highest BCUT2D eigenvalue weighted by Crippen LogP contribution is 2.30. The largest absolute Gasteiger partial charge is 0.463 e. The van der Waals surface area contributed by atoms with Crippen molar-refractivity contribution >= 4 is 24.0 Å². The van der Waals surface area contributed by atoms with E-state index in [1.807, 2.05) is 66.4 Å². The van der Waals surface area contributed by atoms with E-state index in [0.29, 0.717) is 30.6 Å². The number of rotatable bonds is 9. The van der Waals surface area contributed by atoms with Gasteiger partial charge in [0.05, 0.1) is 0 Å². The van der Waals surface area contributed by atoms with Gasteiger partial charge in [-0.1, -0.05) is 42.4 Å². The van der Waals surface area contributed by atoms with Crippen LogP contribution in [0, 0.1) is 5.92 Å². The van der Waals surface area contributed by atoms with Gasteiger partial charge in [0, 0.05) is 25.0 Å². The second-order valence-corrected chi connectivity index (χ2v) is 8.48. The summed E-state index contributed by atoms with van der Waals surface area (Å²) >= 11 is 0. The summed E-state index contributed by atoms with van der Waals surface area (Å²) in [5.41, 5.74) is 1.00. The lowest BCUT2D eigenvalue weighted by molar-refractivity contribution is -0.139. The van der Waals surface area contributed by atoms with Crippen LogP contribution in [0.15, 0.2) is 54.6 Å².